The van der Waals surface area contributed by atoms with E-state index in [-0.39, 0.29) is 12.1 Å². The van der Waals surface area contributed by atoms with Gasteiger partial charge >= 0.3 is 0 Å². The second-order valence-corrected chi connectivity index (χ2v) is 7.59. The third-order valence-corrected chi connectivity index (χ3v) is 5.95. The Kier molecular flexibility index (Phi) is 5.80. The van der Waals surface area contributed by atoms with Crippen molar-refractivity contribution in [1.82, 2.24) is 19.2 Å². The zero-order chi connectivity index (χ0) is 14.6. The maximum absolute atomic E-state index is 12.6. The van der Waals surface area contributed by atoms with Crippen LogP contribution in [0.1, 0.15) is 32.6 Å². The fourth-order valence-corrected chi connectivity index (χ4v) is 4.81. The van der Waals surface area contributed by atoms with Crippen LogP contribution in [0.3, 0.4) is 0 Å². The molecule has 2 N–H and O–H groups in total. The molecule has 0 aromatic heterocycles. The minimum atomic E-state index is -3.35. The number of hydrogen-bond donors (Lipinski definition) is 2. The molecule has 0 aromatic rings. The molecule has 2 aliphatic rings. The highest BCUT2D eigenvalue weighted by Crippen LogP contribution is 2.20. The van der Waals surface area contributed by atoms with Gasteiger partial charge in [0.15, 0.2) is 0 Å². The van der Waals surface area contributed by atoms with E-state index in [0.717, 1.165) is 51.9 Å². The number of nitrogens with zero attached hydrogens (tertiary/aromatic N) is 2. The van der Waals surface area contributed by atoms with Crippen molar-refractivity contribution in [2.75, 3.05) is 39.8 Å². The Hall–Kier alpha value is -0.210. The number of hydrogen-bond acceptors (Lipinski definition) is 4. The van der Waals surface area contributed by atoms with Gasteiger partial charge in [0, 0.05) is 31.7 Å². The van der Waals surface area contributed by atoms with E-state index in [9.17, 15) is 8.42 Å². The zero-order valence-electron chi connectivity index (χ0n) is 12.6. The van der Waals surface area contributed by atoms with Gasteiger partial charge in [-0.05, 0) is 39.4 Å². The second kappa shape index (κ2) is 7.17. The Labute approximate surface area is 123 Å². The van der Waals surface area contributed by atoms with Gasteiger partial charge in [-0.15, -0.1) is 0 Å². The lowest BCUT2D eigenvalue weighted by Gasteiger charge is -2.35. The molecule has 2 fully saturated rings. The number of likely N-dealkylation sites (tertiary alicyclic amines) is 1. The SMILES string of the molecule is CCNCC1CCCCN1S(=O)(=O)NC1CCN(C)C1. The Morgan fingerprint density at radius 1 is 1.20 bits per heavy atom. The van der Waals surface area contributed by atoms with E-state index < -0.39 is 10.2 Å². The predicted octanol–water partition coefficient (Wildman–Crippen LogP) is -0.0111. The van der Waals surface area contributed by atoms with Gasteiger partial charge in [-0.1, -0.05) is 13.3 Å². The highest BCUT2D eigenvalue weighted by atomic mass is 32.2. The first-order chi connectivity index (χ1) is 9.53. The molecule has 2 heterocycles. The van der Waals surface area contributed by atoms with Crippen LogP contribution in [0.4, 0.5) is 0 Å². The minimum Gasteiger partial charge on any atom is -0.315 e. The van der Waals surface area contributed by atoms with Crippen molar-refractivity contribution in [2.24, 2.45) is 0 Å². The Bertz CT molecular complexity index is 401. The van der Waals surface area contributed by atoms with Crippen LogP contribution >= 0.6 is 0 Å². The molecule has 0 radical (unpaired) electrons. The molecule has 118 valence electrons. The second-order valence-electron chi connectivity index (χ2n) is 5.94. The van der Waals surface area contributed by atoms with E-state index in [1.165, 1.54) is 0 Å². The van der Waals surface area contributed by atoms with Crippen molar-refractivity contribution in [3.8, 4) is 0 Å². The molecule has 20 heavy (non-hydrogen) atoms. The Balaban J connectivity index is 1.98. The average Bonchev–Trinajstić information content (AvgIpc) is 2.81. The summed E-state index contributed by atoms with van der Waals surface area (Å²) in [6.45, 7) is 6.11. The Morgan fingerprint density at radius 3 is 2.65 bits per heavy atom. The number of piperidine rings is 1. The molecule has 0 aromatic carbocycles. The van der Waals surface area contributed by atoms with Crippen LogP contribution in [0, 0.1) is 0 Å². The highest BCUT2D eigenvalue weighted by Gasteiger charge is 2.34. The summed E-state index contributed by atoms with van der Waals surface area (Å²) < 4.78 is 29.7. The summed E-state index contributed by atoms with van der Waals surface area (Å²) in [5.74, 6) is 0. The van der Waals surface area contributed by atoms with Crippen molar-refractivity contribution < 1.29 is 8.42 Å². The van der Waals surface area contributed by atoms with Crippen LogP contribution in [-0.2, 0) is 10.2 Å². The van der Waals surface area contributed by atoms with E-state index in [2.05, 4.69) is 14.9 Å². The molecular weight excluding hydrogens is 276 g/mol. The van der Waals surface area contributed by atoms with Crippen LogP contribution < -0.4 is 10.0 Å². The van der Waals surface area contributed by atoms with Crippen molar-refractivity contribution >= 4 is 10.2 Å². The molecule has 0 aliphatic carbocycles. The highest BCUT2D eigenvalue weighted by molar-refractivity contribution is 7.87. The number of likely N-dealkylation sites (N-methyl/N-ethyl adjacent to an activating group) is 2. The number of nitrogens with one attached hydrogen (secondary N) is 2. The lowest BCUT2D eigenvalue weighted by atomic mass is 10.1. The molecule has 2 rings (SSSR count). The quantitative estimate of drug-likeness (QED) is 0.724. The van der Waals surface area contributed by atoms with Crippen LogP contribution in [-0.4, -0.2) is 69.5 Å². The summed E-state index contributed by atoms with van der Waals surface area (Å²) in [6.07, 6.45) is 3.95. The molecule has 7 heteroatoms. The average molecular weight is 304 g/mol. The van der Waals surface area contributed by atoms with Gasteiger partial charge in [0.25, 0.3) is 10.2 Å². The smallest absolute Gasteiger partial charge is 0.280 e. The van der Waals surface area contributed by atoms with Crippen molar-refractivity contribution in [2.45, 2.75) is 44.7 Å². The van der Waals surface area contributed by atoms with E-state index in [1.54, 1.807) is 4.31 Å². The minimum absolute atomic E-state index is 0.0618. The van der Waals surface area contributed by atoms with Gasteiger partial charge < -0.3 is 10.2 Å². The van der Waals surface area contributed by atoms with E-state index in [1.807, 2.05) is 14.0 Å². The normalized spacial score (nSPS) is 29.9. The first-order valence-electron chi connectivity index (χ1n) is 7.71. The molecule has 0 saturated carbocycles. The van der Waals surface area contributed by atoms with Gasteiger partial charge in [0.05, 0.1) is 0 Å². The monoisotopic (exact) mass is 304 g/mol. The molecular formula is C13H28N4O2S. The molecule has 0 spiro atoms. The summed E-state index contributed by atoms with van der Waals surface area (Å²) in [7, 11) is -1.32. The van der Waals surface area contributed by atoms with Crippen molar-refractivity contribution in [3.63, 3.8) is 0 Å². The van der Waals surface area contributed by atoms with Crippen LogP contribution in [0.25, 0.3) is 0 Å². The third-order valence-electron chi connectivity index (χ3n) is 4.22. The van der Waals surface area contributed by atoms with E-state index >= 15 is 0 Å². The summed E-state index contributed by atoms with van der Waals surface area (Å²) in [4.78, 5) is 2.17. The van der Waals surface area contributed by atoms with Crippen LogP contribution in [0.2, 0.25) is 0 Å². The van der Waals surface area contributed by atoms with Gasteiger partial charge in [-0.3, -0.25) is 0 Å². The van der Waals surface area contributed by atoms with Gasteiger partial charge in [0.2, 0.25) is 0 Å². The molecule has 0 amide bonds. The Morgan fingerprint density at radius 2 is 2.00 bits per heavy atom. The maximum Gasteiger partial charge on any atom is 0.280 e. The molecule has 6 nitrogen and oxygen atoms in total. The molecule has 2 saturated heterocycles. The first-order valence-corrected chi connectivity index (χ1v) is 9.15. The van der Waals surface area contributed by atoms with Crippen molar-refractivity contribution in [1.29, 1.82) is 0 Å². The van der Waals surface area contributed by atoms with Crippen LogP contribution in [0.15, 0.2) is 0 Å². The van der Waals surface area contributed by atoms with E-state index in [4.69, 9.17) is 0 Å². The molecule has 0 bridgehead atoms. The summed E-state index contributed by atoms with van der Waals surface area (Å²) in [5, 5.41) is 3.28. The van der Waals surface area contributed by atoms with Crippen LogP contribution in [0.5, 0.6) is 0 Å². The summed E-state index contributed by atoms with van der Waals surface area (Å²) in [5.41, 5.74) is 0. The fraction of sp³-hybridized carbons (Fsp3) is 1.00. The lowest BCUT2D eigenvalue weighted by molar-refractivity contribution is 0.242. The summed E-state index contributed by atoms with van der Waals surface area (Å²) in [6, 6.07) is 0.159. The standard InChI is InChI=1S/C13H28N4O2S/c1-3-14-10-13-6-4-5-8-17(13)20(18,19)15-12-7-9-16(2)11-12/h12-15H,3-11H2,1-2H3. The largest absolute Gasteiger partial charge is 0.315 e. The van der Waals surface area contributed by atoms with E-state index in [0.29, 0.717) is 6.54 Å². The fourth-order valence-electron chi connectivity index (χ4n) is 3.11. The number of rotatable bonds is 6. The topological polar surface area (TPSA) is 64.7 Å². The van der Waals surface area contributed by atoms with Crippen molar-refractivity contribution in [3.05, 3.63) is 0 Å². The van der Waals surface area contributed by atoms with Gasteiger partial charge in [0.1, 0.15) is 0 Å². The maximum atomic E-state index is 12.6. The molecule has 2 atom stereocenters. The summed E-state index contributed by atoms with van der Waals surface area (Å²) >= 11 is 0. The first kappa shape index (κ1) is 16.2. The van der Waals surface area contributed by atoms with Gasteiger partial charge in [-0.2, -0.15) is 17.4 Å². The molecule has 2 unspecified atom stereocenters. The van der Waals surface area contributed by atoms with Gasteiger partial charge in [-0.25, -0.2) is 0 Å². The molecule has 2 aliphatic heterocycles. The predicted molar refractivity (Wildman–Crippen MR) is 80.8 cm³/mol. The zero-order valence-corrected chi connectivity index (χ0v) is 13.5. The lowest BCUT2D eigenvalue weighted by Crippen LogP contribution is -2.54. The third kappa shape index (κ3) is 4.14.